The molecule has 0 spiro atoms. The Bertz CT molecular complexity index is 874. The lowest BCUT2D eigenvalue weighted by Gasteiger charge is -2.25. The predicted octanol–water partition coefficient (Wildman–Crippen LogP) is 4.47. The molecule has 0 aliphatic heterocycles. The zero-order valence-electron chi connectivity index (χ0n) is 13.6. The molecule has 3 aromatic carbocycles. The van der Waals surface area contributed by atoms with Gasteiger partial charge >= 0.3 is 0 Å². The molecule has 0 aliphatic rings. The van der Waals surface area contributed by atoms with Crippen molar-refractivity contribution < 1.29 is 13.0 Å². The third-order valence-electron chi connectivity index (χ3n) is 3.36. The van der Waals surface area contributed by atoms with Gasteiger partial charge in [-0.05, 0) is 48.5 Å². The highest BCUT2D eigenvalue weighted by Crippen LogP contribution is 2.26. The molecule has 8 heteroatoms. The second-order valence-electron chi connectivity index (χ2n) is 5.10. The molecule has 132 valence electrons. The van der Waals surface area contributed by atoms with Crippen LogP contribution in [0.15, 0.2) is 95.2 Å². The number of nitrogens with one attached hydrogen (secondary N) is 1. The van der Waals surface area contributed by atoms with E-state index in [1.807, 2.05) is 60.7 Å². The Hall–Kier alpha value is -2.91. The van der Waals surface area contributed by atoms with Crippen molar-refractivity contribution in [2.45, 2.75) is 0 Å². The van der Waals surface area contributed by atoms with Crippen molar-refractivity contribution in [3.8, 4) is 0 Å². The van der Waals surface area contributed by atoms with E-state index in [2.05, 4.69) is 20.1 Å². The third-order valence-corrected chi connectivity index (χ3v) is 3.57. The highest BCUT2D eigenvalue weighted by molar-refractivity contribution is 7.74. The van der Waals surface area contributed by atoms with Gasteiger partial charge in [-0.3, -0.25) is 5.01 Å². The molecule has 7 nitrogen and oxygen atoms in total. The Morgan fingerprint density at radius 2 is 1.27 bits per heavy atom. The van der Waals surface area contributed by atoms with Gasteiger partial charge in [0.1, 0.15) is 11.4 Å². The zero-order chi connectivity index (χ0) is 18.2. The number of hydrogen-bond donors (Lipinski definition) is 1. The van der Waals surface area contributed by atoms with E-state index in [1.165, 1.54) is 5.01 Å². The number of nitrogens with zero attached hydrogens (tertiary/aromatic N) is 3. The molecule has 0 fully saturated rings. The molecule has 1 atom stereocenters. The first-order valence-electron chi connectivity index (χ1n) is 7.66. The van der Waals surface area contributed by atoms with E-state index in [0.29, 0.717) is 17.1 Å². The standard InChI is InChI=1S/C18H16N4O3S/c23-26(24)25-21-22(17-9-5-2-6-10-17)18-13-11-16(12-14-18)20-19-15-7-3-1-4-8-15/h1-14,21H,(H,23,24)/p-1. The first-order valence-corrected chi connectivity index (χ1v) is 8.66. The molecule has 0 radical (unpaired) electrons. The summed E-state index contributed by atoms with van der Waals surface area (Å²) in [5.74, 6) is 0. The molecule has 0 aliphatic carbocycles. The lowest BCUT2D eigenvalue weighted by molar-refractivity contribution is 0.196. The fourth-order valence-electron chi connectivity index (χ4n) is 2.18. The Balaban J connectivity index is 1.79. The number of hydrazine groups is 1. The quantitative estimate of drug-likeness (QED) is 0.378. The van der Waals surface area contributed by atoms with Gasteiger partial charge in [0.05, 0.1) is 22.7 Å². The number of azo groups is 1. The Kier molecular flexibility index (Phi) is 6.18. The van der Waals surface area contributed by atoms with Crippen LogP contribution in [0.2, 0.25) is 0 Å². The van der Waals surface area contributed by atoms with Crippen molar-refractivity contribution >= 4 is 34.1 Å². The molecular formula is C18H15N4O3S-. The average Bonchev–Trinajstić information content (AvgIpc) is 2.69. The van der Waals surface area contributed by atoms with Crippen LogP contribution in [0.3, 0.4) is 0 Å². The minimum absolute atomic E-state index is 0.666. The maximum absolute atomic E-state index is 10.7. The van der Waals surface area contributed by atoms with E-state index in [-0.39, 0.29) is 0 Å². The highest BCUT2D eigenvalue weighted by Gasteiger charge is 2.09. The summed E-state index contributed by atoms with van der Waals surface area (Å²) in [6, 6.07) is 25.7. The first-order chi connectivity index (χ1) is 12.7. The van der Waals surface area contributed by atoms with E-state index >= 15 is 0 Å². The van der Waals surface area contributed by atoms with Crippen molar-refractivity contribution in [1.82, 2.24) is 5.59 Å². The number of anilines is 2. The molecule has 0 heterocycles. The van der Waals surface area contributed by atoms with Crippen LogP contribution in [0.1, 0.15) is 0 Å². The molecule has 1 N–H and O–H groups in total. The van der Waals surface area contributed by atoms with E-state index in [1.54, 1.807) is 24.3 Å². The summed E-state index contributed by atoms with van der Waals surface area (Å²) >= 11 is -2.70. The monoisotopic (exact) mass is 367 g/mol. The topological polar surface area (TPSA) is 89.3 Å². The maximum atomic E-state index is 10.7. The van der Waals surface area contributed by atoms with Crippen LogP contribution in [-0.2, 0) is 15.6 Å². The number of para-hydroxylation sites is 1. The third kappa shape index (κ3) is 5.04. The highest BCUT2D eigenvalue weighted by atomic mass is 32.2. The molecular weight excluding hydrogens is 352 g/mol. The van der Waals surface area contributed by atoms with Crippen LogP contribution in [0, 0.1) is 0 Å². The average molecular weight is 367 g/mol. The van der Waals surface area contributed by atoms with Crippen molar-refractivity contribution in [2.75, 3.05) is 5.01 Å². The fraction of sp³-hybridized carbons (Fsp3) is 0. The van der Waals surface area contributed by atoms with Crippen molar-refractivity contribution in [3.05, 3.63) is 84.9 Å². The van der Waals surface area contributed by atoms with Gasteiger partial charge in [-0.1, -0.05) is 42.0 Å². The molecule has 3 aromatic rings. The van der Waals surface area contributed by atoms with Crippen LogP contribution in [0.5, 0.6) is 0 Å². The van der Waals surface area contributed by atoms with Gasteiger partial charge in [0, 0.05) is 0 Å². The summed E-state index contributed by atoms with van der Waals surface area (Å²) < 4.78 is 25.9. The van der Waals surface area contributed by atoms with Gasteiger partial charge in [-0.15, -0.1) is 0 Å². The second-order valence-corrected chi connectivity index (χ2v) is 5.68. The smallest absolute Gasteiger partial charge is 0.107 e. The van der Waals surface area contributed by atoms with E-state index < -0.39 is 11.4 Å². The maximum Gasteiger partial charge on any atom is 0.107 e. The SMILES string of the molecule is O=S([O-])ONN(c1ccccc1)c1ccc(N=Nc2ccccc2)cc1. The van der Waals surface area contributed by atoms with Gasteiger partial charge in [-0.2, -0.15) is 14.5 Å². The van der Waals surface area contributed by atoms with Crippen molar-refractivity contribution in [1.29, 1.82) is 0 Å². The van der Waals surface area contributed by atoms with Crippen LogP contribution in [0.25, 0.3) is 0 Å². The summed E-state index contributed by atoms with van der Waals surface area (Å²) in [5, 5.41) is 9.83. The van der Waals surface area contributed by atoms with E-state index in [9.17, 15) is 8.76 Å². The molecule has 0 aromatic heterocycles. The van der Waals surface area contributed by atoms with Gasteiger partial charge < -0.3 is 4.55 Å². The molecule has 0 saturated carbocycles. The Morgan fingerprint density at radius 1 is 0.769 bits per heavy atom. The molecule has 26 heavy (non-hydrogen) atoms. The number of rotatable bonds is 7. The first kappa shape index (κ1) is 17.9. The largest absolute Gasteiger partial charge is 0.748 e. The van der Waals surface area contributed by atoms with Gasteiger partial charge in [-0.25, -0.2) is 4.21 Å². The molecule has 3 rings (SSSR count). The number of hydrogen-bond acceptors (Lipinski definition) is 7. The van der Waals surface area contributed by atoms with E-state index in [4.69, 9.17) is 0 Å². The summed E-state index contributed by atoms with van der Waals surface area (Å²) in [6.45, 7) is 0. The summed E-state index contributed by atoms with van der Waals surface area (Å²) in [4.78, 5) is 0. The summed E-state index contributed by atoms with van der Waals surface area (Å²) in [6.07, 6.45) is 0. The van der Waals surface area contributed by atoms with Crippen molar-refractivity contribution in [2.24, 2.45) is 10.2 Å². The van der Waals surface area contributed by atoms with Crippen LogP contribution >= 0.6 is 0 Å². The van der Waals surface area contributed by atoms with Crippen molar-refractivity contribution in [3.63, 3.8) is 0 Å². The minimum atomic E-state index is -2.70. The van der Waals surface area contributed by atoms with Crippen LogP contribution < -0.4 is 10.6 Å². The van der Waals surface area contributed by atoms with Gasteiger partial charge in [0.25, 0.3) is 0 Å². The van der Waals surface area contributed by atoms with Gasteiger partial charge in [0.2, 0.25) is 0 Å². The lowest BCUT2D eigenvalue weighted by atomic mass is 10.2. The Labute approximate surface area is 153 Å². The number of benzene rings is 3. The van der Waals surface area contributed by atoms with Crippen LogP contribution in [0.4, 0.5) is 22.7 Å². The normalized spacial score (nSPS) is 12.2. The summed E-state index contributed by atoms with van der Waals surface area (Å²) in [7, 11) is 0. The van der Waals surface area contributed by atoms with Crippen LogP contribution in [-0.4, -0.2) is 8.76 Å². The summed E-state index contributed by atoms with van der Waals surface area (Å²) in [5.41, 5.74) is 5.19. The fourth-order valence-corrected chi connectivity index (χ4v) is 2.31. The molecule has 0 amide bonds. The second kappa shape index (κ2) is 8.97. The Morgan fingerprint density at radius 3 is 1.85 bits per heavy atom. The lowest BCUT2D eigenvalue weighted by Crippen LogP contribution is -2.34. The predicted molar refractivity (Wildman–Crippen MR) is 98.8 cm³/mol. The van der Waals surface area contributed by atoms with Gasteiger partial charge in [0.15, 0.2) is 0 Å². The minimum Gasteiger partial charge on any atom is -0.748 e. The molecule has 0 bridgehead atoms. The molecule has 0 saturated heterocycles. The molecule has 1 unspecified atom stereocenters. The zero-order valence-corrected chi connectivity index (χ0v) is 14.4. The van der Waals surface area contributed by atoms with E-state index in [0.717, 1.165) is 5.69 Å².